The highest BCUT2D eigenvalue weighted by Crippen LogP contribution is 2.52. The lowest BCUT2D eigenvalue weighted by molar-refractivity contribution is 0.436. The number of benzene rings is 8. The van der Waals surface area contributed by atoms with E-state index in [1.807, 2.05) is 11.3 Å². The maximum absolute atomic E-state index is 2.71. The molecule has 0 atom stereocenters. The summed E-state index contributed by atoms with van der Waals surface area (Å²) in [6, 6.07) is 67.0. The highest BCUT2D eigenvalue weighted by Gasteiger charge is 2.47. The molecule has 0 amide bonds. The van der Waals surface area contributed by atoms with E-state index in [1.165, 1.54) is 153 Å². The summed E-state index contributed by atoms with van der Waals surface area (Å²) in [5.41, 5.74) is 21.6. The molecule has 78 heavy (non-hydrogen) atoms. The van der Waals surface area contributed by atoms with Crippen LogP contribution in [0.5, 0.6) is 0 Å². The van der Waals surface area contributed by atoms with Crippen molar-refractivity contribution in [1.29, 1.82) is 0 Å². The lowest BCUT2D eigenvalue weighted by Gasteiger charge is -2.44. The molecule has 4 nitrogen and oxygen atoms in total. The molecule has 1 saturated carbocycles. The Bertz CT molecular complexity index is 3920. The van der Waals surface area contributed by atoms with Gasteiger partial charge in [-0.3, -0.25) is 0 Å². The second kappa shape index (κ2) is 18.3. The number of hydrogen-bond donors (Lipinski definition) is 0. The van der Waals surface area contributed by atoms with Crippen LogP contribution in [-0.4, -0.2) is 17.3 Å². The molecule has 0 N–H and O–H groups in total. The van der Waals surface area contributed by atoms with Crippen LogP contribution in [0.25, 0.3) is 36.8 Å². The zero-order chi connectivity index (χ0) is 54.2. The first-order valence-electron chi connectivity index (χ1n) is 28.8. The van der Waals surface area contributed by atoms with Gasteiger partial charge < -0.3 is 19.3 Å². The van der Waals surface area contributed by atoms with Crippen molar-refractivity contribution in [3.63, 3.8) is 0 Å². The van der Waals surface area contributed by atoms with Crippen LogP contribution in [0.15, 0.2) is 170 Å². The van der Waals surface area contributed by atoms with E-state index in [0.29, 0.717) is 6.04 Å². The summed E-state index contributed by atoms with van der Waals surface area (Å²) < 4.78 is 5.31. The molecule has 13 rings (SSSR count). The summed E-state index contributed by atoms with van der Waals surface area (Å²) in [6.07, 6.45) is 6.17. The Morgan fingerprint density at radius 2 is 0.974 bits per heavy atom. The topological polar surface area (TPSA) is 14.7 Å². The molecule has 392 valence electrons. The fourth-order valence-electron chi connectivity index (χ4n) is 13.3. The van der Waals surface area contributed by atoms with E-state index >= 15 is 0 Å². The smallest absolute Gasteiger partial charge is 0.273 e. The lowest BCUT2D eigenvalue weighted by atomic mass is 9.35. The van der Waals surface area contributed by atoms with Crippen LogP contribution in [-0.2, 0) is 21.7 Å². The van der Waals surface area contributed by atoms with E-state index in [0.717, 1.165) is 0 Å². The van der Waals surface area contributed by atoms with Crippen LogP contribution in [0.3, 0.4) is 0 Å². The quantitative estimate of drug-likeness (QED) is 0.154. The zero-order valence-corrected chi connectivity index (χ0v) is 48.9. The van der Waals surface area contributed by atoms with Gasteiger partial charge in [-0.2, -0.15) is 0 Å². The summed E-state index contributed by atoms with van der Waals surface area (Å²) >= 11 is 1.94. The fourth-order valence-corrected chi connectivity index (χ4v) is 14.5. The highest BCUT2D eigenvalue weighted by atomic mass is 32.1. The van der Waals surface area contributed by atoms with Crippen LogP contribution in [0.2, 0.25) is 0 Å². The maximum Gasteiger partial charge on any atom is 0.273 e. The monoisotopic (exact) mass is 1040 g/mol. The van der Waals surface area contributed by atoms with E-state index in [9.17, 15) is 0 Å². The number of aromatic nitrogens is 1. The fraction of sp³-hybridized carbons (Fsp3) is 0.306. The Kier molecular flexibility index (Phi) is 11.8. The molecule has 2 aromatic heterocycles. The number of fused-ring (bicyclic) bond motifs is 10. The highest BCUT2D eigenvalue weighted by molar-refractivity contribution is 7.26. The normalized spacial score (nSPS) is 15.1. The molecule has 3 aliphatic rings. The zero-order valence-electron chi connectivity index (χ0n) is 48.1. The van der Waals surface area contributed by atoms with Crippen molar-refractivity contribution < 1.29 is 0 Å². The molecule has 6 heteroatoms. The summed E-state index contributed by atoms with van der Waals surface area (Å²) in [5, 5.41) is 3.93. The second-order valence-electron chi connectivity index (χ2n) is 26.9. The first-order chi connectivity index (χ1) is 37.2. The minimum absolute atomic E-state index is 0.00905. The third-order valence-electron chi connectivity index (χ3n) is 17.6. The first kappa shape index (κ1) is 50.5. The molecule has 1 fully saturated rings. The summed E-state index contributed by atoms with van der Waals surface area (Å²) in [5.74, 6) is 0. The number of anilines is 8. The van der Waals surface area contributed by atoms with Gasteiger partial charge in [0.2, 0.25) is 0 Å². The van der Waals surface area contributed by atoms with Crippen LogP contribution in [0, 0.1) is 0 Å². The van der Waals surface area contributed by atoms with E-state index in [1.54, 1.807) is 0 Å². The minimum Gasteiger partial charge on any atom is -0.338 e. The standard InChI is InChI=1S/C72H75BN4S/c1-69(2,3)46-25-33-51(34-26-46)74(50-19-14-13-15-20-50)55-41-43-58-62(45-55)75(52-35-27-47(28-36-52)70(4,5)6)60-22-18-23-61-65(60)73(58)68-66(76(61)53-37-29-48(30-38-53)71(7,8)9)64-59(77(68)54-39-31-49(32-40-54)72(10,11)12)44-42-57-56-21-16-17-24-63(56)78-67(57)64/h16-18,21-45,50H,13-15,19-20H2,1-12H3. The van der Waals surface area contributed by atoms with Crippen molar-refractivity contribution in [2.45, 2.75) is 143 Å². The third kappa shape index (κ3) is 8.30. The van der Waals surface area contributed by atoms with Crippen molar-refractivity contribution in [2.24, 2.45) is 0 Å². The van der Waals surface area contributed by atoms with Crippen LogP contribution in [0.1, 0.15) is 137 Å². The molecule has 8 aromatic carbocycles. The van der Waals surface area contributed by atoms with Crippen molar-refractivity contribution in [2.75, 3.05) is 14.7 Å². The number of rotatable bonds is 6. The Hall–Kier alpha value is -7.02. The lowest BCUT2D eigenvalue weighted by Crippen LogP contribution is -2.62. The van der Waals surface area contributed by atoms with Gasteiger partial charge in [-0.05, 0) is 153 Å². The summed E-state index contributed by atoms with van der Waals surface area (Å²) in [7, 11) is 0. The summed E-state index contributed by atoms with van der Waals surface area (Å²) in [6.45, 7) is 27.7. The predicted octanol–water partition coefficient (Wildman–Crippen LogP) is 18.7. The van der Waals surface area contributed by atoms with E-state index in [-0.39, 0.29) is 28.4 Å². The first-order valence-corrected chi connectivity index (χ1v) is 29.6. The van der Waals surface area contributed by atoms with Crippen molar-refractivity contribution in [3.8, 4) is 5.69 Å². The second-order valence-corrected chi connectivity index (χ2v) is 28.0. The Balaban J connectivity index is 1.14. The van der Waals surface area contributed by atoms with Crippen LogP contribution >= 0.6 is 11.3 Å². The average molecular weight is 1040 g/mol. The van der Waals surface area contributed by atoms with Gasteiger partial charge in [-0.15, -0.1) is 11.3 Å². The van der Waals surface area contributed by atoms with Crippen LogP contribution < -0.4 is 31.2 Å². The molecular weight excluding hydrogens is 964 g/mol. The molecule has 0 saturated heterocycles. The molecule has 0 radical (unpaired) electrons. The molecule has 0 bridgehead atoms. The number of nitrogens with zero attached hydrogens (tertiary/aromatic N) is 4. The molecule has 0 unspecified atom stereocenters. The van der Waals surface area contributed by atoms with Gasteiger partial charge in [0.1, 0.15) is 0 Å². The molecule has 2 aliphatic heterocycles. The van der Waals surface area contributed by atoms with Gasteiger partial charge in [-0.25, -0.2) is 0 Å². The largest absolute Gasteiger partial charge is 0.338 e. The molecule has 4 heterocycles. The molecule has 0 spiro atoms. The van der Waals surface area contributed by atoms with E-state index < -0.39 is 0 Å². The van der Waals surface area contributed by atoms with Crippen molar-refractivity contribution >= 4 is 111 Å². The van der Waals surface area contributed by atoms with Gasteiger partial charge in [0, 0.05) is 82.7 Å². The van der Waals surface area contributed by atoms with Crippen LogP contribution in [0.4, 0.5) is 45.5 Å². The molecule has 10 aromatic rings. The Labute approximate surface area is 468 Å². The third-order valence-corrected chi connectivity index (χ3v) is 18.8. The van der Waals surface area contributed by atoms with Gasteiger partial charge >= 0.3 is 0 Å². The average Bonchev–Trinajstić information content (AvgIpc) is 4.01. The maximum atomic E-state index is 2.71. The van der Waals surface area contributed by atoms with Gasteiger partial charge in [0.25, 0.3) is 6.71 Å². The van der Waals surface area contributed by atoms with Gasteiger partial charge in [0.15, 0.2) is 0 Å². The van der Waals surface area contributed by atoms with E-state index in [2.05, 4.69) is 272 Å². The molecule has 1 aliphatic carbocycles. The van der Waals surface area contributed by atoms with Gasteiger partial charge in [-0.1, -0.05) is 187 Å². The number of hydrogen-bond acceptors (Lipinski definition) is 4. The number of thiophene rings is 1. The van der Waals surface area contributed by atoms with Crippen molar-refractivity contribution in [1.82, 2.24) is 4.57 Å². The van der Waals surface area contributed by atoms with Gasteiger partial charge in [0.05, 0.1) is 11.2 Å². The minimum atomic E-state index is -0.112. The Morgan fingerprint density at radius 1 is 0.462 bits per heavy atom. The Morgan fingerprint density at radius 3 is 1.55 bits per heavy atom. The van der Waals surface area contributed by atoms with Crippen molar-refractivity contribution in [3.05, 3.63) is 192 Å². The predicted molar refractivity (Wildman–Crippen MR) is 340 cm³/mol. The van der Waals surface area contributed by atoms with E-state index in [4.69, 9.17) is 0 Å². The molecular formula is C72H75BN4S. The SMILES string of the molecule is CC(C)(C)c1ccc(N2c3cc(N(c4ccc(C(C)(C)C)cc4)C4CCCCC4)ccc3B3c4c2cccc4N(c2ccc(C(C)(C)C)cc2)c2c3n(-c3ccc(C(C)(C)C)cc3)c3ccc4c5ccccc5sc4c23)cc1. The summed E-state index contributed by atoms with van der Waals surface area (Å²) in [4.78, 5) is 7.97.